The van der Waals surface area contributed by atoms with Gasteiger partial charge in [-0.05, 0) is 23.8 Å². The Morgan fingerprint density at radius 2 is 1.69 bits per heavy atom. The van der Waals surface area contributed by atoms with Gasteiger partial charge in [0.25, 0.3) is 0 Å². The Balaban J connectivity index is 1.56. The Morgan fingerprint density at radius 1 is 0.966 bits per heavy atom. The molecule has 6 heteroatoms. The van der Waals surface area contributed by atoms with Crippen LogP contribution in [0, 0.1) is 0 Å². The van der Waals surface area contributed by atoms with Crippen LogP contribution in [0.2, 0.25) is 0 Å². The lowest BCUT2D eigenvalue weighted by Crippen LogP contribution is -2.19. The topological polar surface area (TPSA) is 68.0 Å². The fraction of sp³-hybridized carbons (Fsp3) is 0.0435. The van der Waals surface area contributed by atoms with Gasteiger partial charge in [-0.2, -0.15) is 0 Å². The van der Waals surface area contributed by atoms with Crippen molar-refractivity contribution in [3.63, 3.8) is 0 Å². The second-order valence-electron chi connectivity index (χ2n) is 6.37. The molecular weight excluding hydrogens is 398 g/mol. The van der Waals surface area contributed by atoms with Crippen LogP contribution in [0.3, 0.4) is 0 Å². The molecule has 1 atom stereocenters. The number of nitrogen functional groups attached to an aromatic ring is 1. The molecule has 0 fully saturated rings. The third kappa shape index (κ3) is 4.85. The van der Waals surface area contributed by atoms with Gasteiger partial charge in [0.1, 0.15) is 5.25 Å². The van der Waals surface area contributed by atoms with Crippen molar-refractivity contribution in [2.75, 3.05) is 11.1 Å². The molecule has 0 saturated heterocycles. The van der Waals surface area contributed by atoms with E-state index in [0.29, 0.717) is 10.8 Å². The quantitative estimate of drug-likeness (QED) is 0.304. The molecule has 0 aliphatic rings. The summed E-state index contributed by atoms with van der Waals surface area (Å²) in [6, 6.07) is 27.2. The molecule has 3 N–H and O–H groups in total. The van der Waals surface area contributed by atoms with E-state index in [2.05, 4.69) is 10.3 Å². The van der Waals surface area contributed by atoms with E-state index in [0.717, 1.165) is 21.7 Å². The van der Waals surface area contributed by atoms with Crippen LogP contribution in [0.5, 0.6) is 0 Å². The van der Waals surface area contributed by atoms with Crippen LogP contribution in [0.4, 0.5) is 10.8 Å². The standard InChI is InChI=1S/C23H19N3OS2/c24-18-12-7-13-19(14-18)29-21(17-10-5-2-6-11-17)22(27)26-23-25-20(15-28-23)16-8-3-1-4-9-16/h1-15,21H,24H2,(H,25,26,27). The monoisotopic (exact) mass is 417 g/mol. The Kier molecular flexibility index (Phi) is 5.93. The fourth-order valence-electron chi connectivity index (χ4n) is 2.87. The van der Waals surface area contributed by atoms with Crippen molar-refractivity contribution in [1.29, 1.82) is 0 Å². The highest BCUT2D eigenvalue weighted by Crippen LogP contribution is 2.37. The Bertz CT molecular complexity index is 1100. The van der Waals surface area contributed by atoms with Gasteiger partial charge < -0.3 is 11.1 Å². The predicted molar refractivity (Wildman–Crippen MR) is 122 cm³/mol. The number of thioether (sulfide) groups is 1. The molecule has 1 unspecified atom stereocenters. The molecule has 1 heterocycles. The molecule has 0 aliphatic carbocycles. The first-order chi connectivity index (χ1) is 14.2. The molecule has 1 amide bonds. The zero-order valence-electron chi connectivity index (χ0n) is 15.5. The van der Waals surface area contributed by atoms with E-state index in [4.69, 9.17) is 5.73 Å². The van der Waals surface area contributed by atoms with Crippen molar-refractivity contribution in [2.45, 2.75) is 10.1 Å². The van der Waals surface area contributed by atoms with Crippen LogP contribution in [-0.2, 0) is 4.79 Å². The average molecular weight is 418 g/mol. The normalized spacial score (nSPS) is 11.7. The summed E-state index contributed by atoms with van der Waals surface area (Å²) in [5, 5.41) is 5.11. The van der Waals surface area contributed by atoms with Crippen molar-refractivity contribution in [1.82, 2.24) is 4.98 Å². The zero-order chi connectivity index (χ0) is 20.1. The zero-order valence-corrected chi connectivity index (χ0v) is 17.1. The molecule has 4 aromatic rings. The van der Waals surface area contributed by atoms with Crippen LogP contribution in [0.25, 0.3) is 11.3 Å². The number of anilines is 2. The second-order valence-corrected chi connectivity index (χ2v) is 8.41. The minimum atomic E-state index is -0.415. The summed E-state index contributed by atoms with van der Waals surface area (Å²) in [6.45, 7) is 0. The minimum absolute atomic E-state index is 0.113. The molecule has 0 spiro atoms. The number of hydrogen-bond acceptors (Lipinski definition) is 5. The highest BCUT2D eigenvalue weighted by atomic mass is 32.2. The molecule has 0 aliphatic heterocycles. The average Bonchev–Trinajstić information content (AvgIpc) is 3.22. The van der Waals surface area contributed by atoms with Crippen LogP contribution < -0.4 is 11.1 Å². The van der Waals surface area contributed by atoms with Gasteiger partial charge in [-0.3, -0.25) is 4.79 Å². The number of nitrogens with one attached hydrogen (secondary N) is 1. The summed E-state index contributed by atoms with van der Waals surface area (Å²) in [6.07, 6.45) is 0. The van der Waals surface area contributed by atoms with Crippen LogP contribution in [0.1, 0.15) is 10.8 Å². The molecule has 4 rings (SSSR count). The molecule has 0 saturated carbocycles. The van der Waals surface area contributed by atoms with E-state index in [9.17, 15) is 4.79 Å². The molecule has 0 bridgehead atoms. The van der Waals surface area contributed by atoms with Crippen molar-refractivity contribution in [3.8, 4) is 11.3 Å². The van der Waals surface area contributed by atoms with Gasteiger partial charge in [-0.1, -0.05) is 66.7 Å². The Labute approximate surface area is 177 Å². The summed E-state index contributed by atoms with van der Waals surface area (Å²) in [7, 11) is 0. The number of benzene rings is 3. The lowest BCUT2D eigenvalue weighted by molar-refractivity contribution is -0.115. The number of nitrogens with two attached hydrogens (primary N) is 1. The fourth-order valence-corrected chi connectivity index (χ4v) is 4.68. The predicted octanol–water partition coefficient (Wildman–Crippen LogP) is 5.86. The number of carbonyl (C=O) groups excluding carboxylic acids is 1. The summed E-state index contributed by atoms with van der Waals surface area (Å²) in [5.41, 5.74) is 9.39. The molecule has 1 aromatic heterocycles. The Hall–Kier alpha value is -3.09. The highest BCUT2D eigenvalue weighted by Gasteiger charge is 2.23. The number of rotatable bonds is 6. The van der Waals surface area contributed by atoms with Crippen LogP contribution in [-0.4, -0.2) is 10.9 Å². The SMILES string of the molecule is Nc1cccc(SC(C(=O)Nc2nc(-c3ccccc3)cs2)c2ccccc2)c1. The minimum Gasteiger partial charge on any atom is -0.399 e. The maximum atomic E-state index is 13.2. The van der Waals surface area contributed by atoms with Gasteiger partial charge in [0.15, 0.2) is 5.13 Å². The molecular formula is C23H19N3OS2. The molecule has 4 nitrogen and oxygen atoms in total. The first kappa shape index (κ1) is 19.2. The second kappa shape index (κ2) is 8.94. The van der Waals surface area contributed by atoms with E-state index in [-0.39, 0.29) is 5.91 Å². The Morgan fingerprint density at radius 3 is 2.41 bits per heavy atom. The lowest BCUT2D eigenvalue weighted by atomic mass is 10.1. The number of aromatic nitrogens is 1. The van der Waals surface area contributed by atoms with E-state index in [1.54, 1.807) is 0 Å². The molecule has 0 radical (unpaired) electrons. The number of amides is 1. The maximum Gasteiger partial charge on any atom is 0.244 e. The van der Waals surface area contributed by atoms with E-state index >= 15 is 0 Å². The van der Waals surface area contributed by atoms with Gasteiger partial charge >= 0.3 is 0 Å². The third-order valence-electron chi connectivity index (χ3n) is 4.26. The molecule has 29 heavy (non-hydrogen) atoms. The first-order valence-corrected chi connectivity index (χ1v) is 10.8. The van der Waals surface area contributed by atoms with Crippen molar-refractivity contribution in [3.05, 3.63) is 95.9 Å². The van der Waals surface area contributed by atoms with E-state index < -0.39 is 5.25 Å². The van der Waals surface area contributed by atoms with Crippen LogP contribution in [0.15, 0.2) is 95.2 Å². The van der Waals surface area contributed by atoms with Gasteiger partial charge in [0, 0.05) is 21.5 Å². The highest BCUT2D eigenvalue weighted by molar-refractivity contribution is 8.00. The smallest absolute Gasteiger partial charge is 0.244 e. The number of hydrogen-bond donors (Lipinski definition) is 2. The third-order valence-corrected chi connectivity index (χ3v) is 6.26. The summed E-state index contributed by atoms with van der Waals surface area (Å²) < 4.78 is 0. The van der Waals surface area contributed by atoms with Crippen molar-refractivity contribution < 1.29 is 4.79 Å². The summed E-state index contributed by atoms with van der Waals surface area (Å²) in [5.74, 6) is -0.113. The van der Waals surface area contributed by atoms with Gasteiger partial charge in [0.05, 0.1) is 5.69 Å². The van der Waals surface area contributed by atoms with Gasteiger partial charge in [0.2, 0.25) is 5.91 Å². The largest absolute Gasteiger partial charge is 0.399 e. The molecule has 3 aromatic carbocycles. The van der Waals surface area contributed by atoms with Crippen molar-refractivity contribution >= 4 is 39.8 Å². The lowest BCUT2D eigenvalue weighted by Gasteiger charge is -2.16. The number of carbonyl (C=O) groups is 1. The first-order valence-electron chi connectivity index (χ1n) is 9.08. The number of nitrogens with zero attached hydrogens (tertiary/aromatic N) is 1. The van der Waals surface area contributed by atoms with Gasteiger partial charge in [-0.15, -0.1) is 23.1 Å². The molecule has 144 valence electrons. The van der Waals surface area contributed by atoms with Crippen molar-refractivity contribution in [2.24, 2.45) is 0 Å². The number of thiazole rings is 1. The van der Waals surface area contributed by atoms with Crippen LogP contribution >= 0.6 is 23.1 Å². The van der Waals surface area contributed by atoms with E-state index in [1.807, 2.05) is 90.3 Å². The van der Waals surface area contributed by atoms with Gasteiger partial charge in [-0.25, -0.2) is 4.98 Å². The summed E-state index contributed by atoms with van der Waals surface area (Å²) >= 11 is 2.89. The van der Waals surface area contributed by atoms with E-state index in [1.165, 1.54) is 23.1 Å². The summed E-state index contributed by atoms with van der Waals surface area (Å²) in [4.78, 5) is 18.7. The maximum absolute atomic E-state index is 13.2.